The summed E-state index contributed by atoms with van der Waals surface area (Å²) in [5.74, 6) is 0.0341. The van der Waals surface area contributed by atoms with Gasteiger partial charge in [-0.2, -0.15) is 0 Å². The number of hydrogen-bond donors (Lipinski definition) is 0. The maximum absolute atomic E-state index is 12.9. The van der Waals surface area contributed by atoms with E-state index < -0.39 is 0 Å². The fourth-order valence-corrected chi connectivity index (χ4v) is 2.75. The van der Waals surface area contributed by atoms with Crippen molar-refractivity contribution in [3.05, 3.63) is 54.4 Å². The molecule has 1 atom stereocenters. The van der Waals surface area contributed by atoms with Crippen molar-refractivity contribution in [2.45, 2.75) is 18.9 Å². The third-order valence-electron chi connectivity index (χ3n) is 4.07. The van der Waals surface area contributed by atoms with Gasteiger partial charge in [0.1, 0.15) is 11.6 Å². The first-order valence-corrected chi connectivity index (χ1v) is 8.23. The first-order chi connectivity index (χ1) is 12.2. The van der Waals surface area contributed by atoms with Crippen LogP contribution in [-0.2, 0) is 16.0 Å². The highest BCUT2D eigenvalue weighted by Crippen LogP contribution is 2.15. The smallest absolute Gasteiger partial charge is 0.260 e. The summed E-state index contributed by atoms with van der Waals surface area (Å²) in [6, 6.07) is 5.61. The zero-order chi connectivity index (χ0) is 17.5. The molecule has 1 saturated heterocycles. The Morgan fingerprint density at radius 1 is 1.32 bits per heavy atom. The van der Waals surface area contributed by atoms with Crippen LogP contribution in [0.25, 0.3) is 0 Å². The predicted molar refractivity (Wildman–Crippen MR) is 88.6 cm³/mol. The number of hydrogen-bond acceptors (Lipinski definition) is 5. The molecule has 0 saturated carbocycles. The van der Waals surface area contributed by atoms with Gasteiger partial charge in [-0.1, -0.05) is 0 Å². The molecule has 1 aliphatic rings. The number of aromatic nitrogens is 2. The lowest BCUT2D eigenvalue weighted by Crippen LogP contribution is -2.50. The van der Waals surface area contributed by atoms with Gasteiger partial charge in [0.15, 0.2) is 6.61 Å². The molecular formula is C18H20FN3O3. The first kappa shape index (κ1) is 17.3. The number of aryl methyl sites for hydroxylation is 1. The minimum atomic E-state index is -0.337. The van der Waals surface area contributed by atoms with Crippen LogP contribution in [0.3, 0.4) is 0 Å². The molecule has 0 spiro atoms. The number of carbonyl (C=O) groups excluding carboxylic acids is 1. The Hall–Kier alpha value is -2.54. The number of ether oxygens (including phenoxy) is 2. The molecule has 1 aliphatic heterocycles. The molecule has 2 heterocycles. The SMILES string of the molecule is O=C(COc1ccc(F)cc1)N1CCOC[C@H]1CCc1cnccn1. The van der Waals surface area contributed by atoms with E-state index in [2.05, 4.69) is 9.97 Å². The molecule has 0 radical (unpaired) electrons. The molecule has 0 bridgehead atoms. The average Bonchev–Trinajstić information content (AvgIpc) is 2.67. The normalized spacial score (nSPS) is 17.3. The molecule has 2 aromatic rings. The minimum Gasteiger partial charge on any atom is -0.484 e. The van der Waals surface area contributed by atoms with Gasteiger partial charge in [0.2, 0.25) is 0 Å². The Morgan fingerprint density at radius 2 is 2.16 bits per heavy atom. The van der Waals surface area contributed by atoms with Crippen LogP contribution >= 0.6 is 0 Å². The second-order valence-corrected chi connectivity index (χ2v) is 5.79. The van der Waals surface area contributed by atoms with Crippen molar-refractivity contribution in [3.63, 3.8) is 0 Å². The van der Waals surface area contributed by atoms with E-state index in [9.17, 15) is 9.18 Å². The zero-order valence-electron chi connectivity index (χ0n) is 13.8. The van der Waals surface area contributed by atoms with Gasteiger partial charge in [0.25, 0.3) is 5.91 Å². The van der Waals surface area contributed by atoms with Gasteiger partial charge >= 0.3 is 0 Å². The standard InChI is InChI=1S/C18H20FN3O3/c19-14-1-5-17(6-2-14)25-13-18(23)22-9-10-24-12-16(22)4-3-15-11-20-7-8-21-15/h1-2,5-8,11,16H,3-4,9-10,12-13H2/t16-/m1/s1. The fourth-order valence-electron chi connectivity index (χ4n) is 2.75. The van der Waals surface area contributed by atoms with E-state index >= 15 is 0 Å². The van der Waals surface area contributed by atoms with Crippen LogP contribution in [-0.4, -0.2) is 53.2 Å². The number of carbonyl (C=O) groups is 1. The molecular weight excluding hydrogens is 325 g/mol. The summed E-state index contributed by atoms with van der Waals surface area (Å²) >= 11 is 0. The van der Waals surface area contributed by atoms with Crippen LogP contribution in [0.4, 0.5) is 4.39 Å². The van der Waals surface area contributed by atoms with E-state index in [0.717, 1.165) is 18.5 Å². The molecule has 132 valence electrons. The molecule has 1 aromatic carbocycles. The van der Waals surface area contributed by atoms with Gasteiger partial charge in [0.05, 0.1) is 24.9 Å². The van der Waals surface area contributed by atoms with E-state index in [1.54, 1.807) is 23.5 Å². The van der Waals surface area contributed by atoms with Crippen molar-refractivity contribution in [2.24, 2.45) is 0 Å². The topological polar surface area (TPSA) is 64.5 Å². The van der Waals surface area contributed by atoms with Gasteiger partial charge < -0.3 is 14.4 Å². The van der Waals surface area contributed by atoms with Crippen molar-refractivity contribution < 1.29 is 18.7 Å². The van der Waals surface area contributed by atoms with E-state index in [4.69, 9.17) is 9.47 Å². The fraction of sp³-hybridized carbons (Fsp3) is 0.389. The van der Waals surface area contributed by atoms with Crippen LogP contribution in [0.2, 0.25) is 0 Å². The largest absolute Gasteiger partial charge is 0.484 e. The Labute approximate surface area is 145 Å². The van der Waals surface area contributed by atoms with Crippen LogP contribution in [0.5, 0.6) is 5.75 Å². The summed E-state index contributed by atoms with van der Waals surface area (Å²) in [6.07, 6.45) is 6.50. The highest BCUT2D eigenvalue weighted by atomic mass is 19.1. The van der Waals surface area contributed by atoms with E-state index in [-0.39, 0.29) is 24.4 Å². The minimum absolute atomic E-state index is 0.0138. The number of amides is 1. The van der Waals surface area contributed by atoms with Gasteiger partial charge in [-0.05, 0) is 37.1 Å². The molecule has 1 fully saturated rings. The molecule has 0 aliphatic carbocycles. The third-order valence-corrected chi connectivity index (χ3v) is 4.07. The number of halogens is 1. The van der Waals surface area contributed by atoms with Crippen molar-refractivity contribution >= 4 is 5.91 Å². The van der Waals surface area contributed by atoms with E-state index in [1.807, 2.05) is 0 Å². The maximum atomic E-state index is 12.9. The van der Waals surface area contributed by atoms with Crippen molar-refractivity contribution in [2.75, 3.05) is 26.4 Å². The number of benzene rings is 1. The molecule has 6 nitrogen and oxygen atoms in total. The lowest BCUT2D eigenvalue weighted by Gasteiger charge is -2.35. The van der Waals surface area contributed by atoms with Gasteiger partial charge in [0, 0.05) is 25.1 Å². The van der Waals surface area contributed by atoms with Gasteiger partial charge in [-0.25, -0.2) is 4.39 Å². The summed E-state index contributed by atoms with van der Waals surface area (Å²) in [5.41, 5.74) is 0.892. The van der Waals surface area contributed by atoms with E-state index in [0.29, 0.717) is 25.5 Å². The quantitative estimate of drug-likeness (QED) is 0.799. The van der Waals surface area contributed by atoms with E-state index in [1.165, 1.54) is 24.3 Å². The number of morpholine rings is 1. The van der Waals surface area contributed by atoms with Crippen LogP contribution in [0, 0.1) is 5.82 Å². The van der Waals surface area contributed by atoms with Crippen molar-refractivity contribution in [1.82, 2.24) is 14.9 Å². The zero-order valence-corrected chi connectivity index (χ0v) is 13.8. The monoisotopic (exact) mass is 345 g/mol. The Balaban J connectivity index is 1.54. The maximum Gasteiger partial charge on any atom is 0.260 e. The lowest BCUT2D eigenvalue weighted by atomic mass is 10.1. The molecule has 3 rings (SSSR count). The average molecular weight is 345 g/mol. The second-order valence-electron chi connectivity index (χ2n) is 5.79. The summed E-state index contributed by atoms with van der Waals surface area (Å²) in [7, 11) is 0. The molecule has 1 aromatic heterocycles. The third kappa shape index (κ3) is 4.96. The summed E-state index contributed by atoms with van der Waals surface area (Å²) in [4.78, 5) is 22.6. The first-order valence-electron chi connectivity index (χ1n) is 8.23. The number of rotatable bonds is 6. The summed E-state index contributed by atoms with van der Waals surface area (Å²) in [5, 5.41) is 0. The predicted octanol–water partition coefficient (Wildman–Crippen LogP) is 1.85. The molecule has 25 heavy (non-hydrogen) atoms. The highest BCUT2D eigenvalue weighted by molar-refractivity contribution is 5.78. The molecule has 7 heteroatoms. The van der Waals surface area contributed by atoms with Crippen LogP contribution < -0.4 is 4.74 Å². The van der Waals surface area contributed by atoms with Gasteiger partial charge in [-0.3, -0.25) is 14.8 Å². The molecule has 0 N–H and O–H groups in total. The molecule has 1 amide bonds. The van der Waals surface area contributed by atoms with Crippen molar-refractivity contribution in [1.29, 1.82) is 0 Å². The Bertz CT molecular complexity index is 682. The Kier molecular flexibility index (Phi) is 5.90. The molecule has 0 unspecified atom stereocenters. The van der Waals surface area contributed by atoms with Gasteiger partial charge in [-0.15, -0.1) is 0 Å². The van der Waals surface area contributed by atoms with Crippen LogP contribution in [0.1, 0.15) is 12.1 Å². The Morgan fingerprint density at radius 3 is 2.92 bits per heavy atom. The lowest BCUT2D eigenvalue weighted by molar-refractivity contribution is -0.142. The summed E-state index contributed by atoms with van der Waals surface area (Å²) in [6.45, 7) is 1.48. The summed E-state index contributed by atoms with van der Waals surface area (Å²) < 4.78 is 23.9. The second kappa shape index (κ2) is 8.53. The number of nitrogens with zero attached hydrogens (tertiary/aromatic N) is 3. The highest BCUT2D eigenvalue weighted by Gasteiger charge is 2.27. The van der Waals surface area contributed by atoms with Crippen LogP contribution in [0.15, 0.2) is 42.9 Å². The van der Waals surface area contributed by atoms with Crippen molar-refractivity contribution in [3.8, 4) is 5.75 Å².